The molecule has 0 spiro atoms. The number of rotatable bonds is 3. The molecule has 0 atom stereocenters. The van der Waals surface area contributed by atoms with Crippen LogP contribution in [-0.2, 0) is 0 Å². The molecule has 0 aliphatic heterocycles. The van der Waals surface area contributed by atoms with Gasteiger partial charge in [0.1, 0.15) is 0 Å². The molecule has 0 bridgehead atoms. The van der Waals surface area contributed by atoms with E-state index in [9.17, 15) is 0 Å². The first kappa shape index (κ1) is 13.2. The second kappa shape index (κ2) is 6.10. The van der Waals surface area contributed by atoms with Gasteiger partial charge in [-0.1, -0.05) is 78.9 Å². The van der Waals surface area contributed by atoms with Crippen LogP contribution in [0.2, 0.25) is 0 Å². The normalized spacial score (nSPS) is 10.9. The Morgan fingerprint density at radius 3 is 1.57 bits per heavy atom. The maximum absolute atomic E-state index is 5.68. The zero-order chi connectivity index (χ0) is 14.5. The standard InChI is InChI=1S/C20H17N/c21-20-14-10-17(11-15-20)7-6-16-8-12-19(13-9-16)18-4-2-1-3-5-18/h1-15H,21H2. The van der Waals surface area contributed by atoms with Crippen molar-refractivity contribution >= 4 is 17.8 Å². The third-order valence-electron chi connectivity index (χ3n) is 3.42. The molecule has 2 N–H and O–H groups in total. The van der Waals surface area contributed by atoms with Crippen molar-refractivity contribution in [3.05, 3.63) is 90.0 Å². The van der Waals surface area contributed by atoms with Crippen molar-refractivity contribution in [1.82, 2.24) is 0 Å². The first-order valence-corrected chi connectivity index (χ1v) is 7.00. The van der Waals surface area contributed by atoms with Gasteiger partial charge in [-0.05, 0) is 34.4 Å². The molecule has 0 amide bonds. The molecule has 0 saturated heterocycles. The number of benzene rings is 3. The summed E-state index contributed by atoms with van der Waals surface area (Å²) in [5.74, 6) is 0. The van der Waals surface area contributed by atoms with Crippen molar-refractivity contribution in [2.24, 2.45) is 0 Å². The number of hydrogen-bond acceptors (Lipinski definition) is 1. The summed E-state index contributed by atoms with van der Waals surface area (Å²) in [5, 5.41) is 0. The fourth-order valence-electron chi connectivity index (χ4n) is 2.22. The highest BCUT2D eigenvalue weighted by Gasteiger charge is 1.95. The van der Waals surface area contributed by atoms with Gasteiger partial charge >= 0.3 is 0 Å². The average molecular weight is 271 g/mol. The lowest BCUT2D eigenvalue weighted by molar-refractivity contribution is 1.60. The van der Waals surface area contributed by atoms with E-state index in [1.54, 1.807) is 0 Å². The molecule has 3 aromatic carbocycles. The van der Waals surface area contributed by atoms with Crippen LogP contribution < -0.4 is 5.73 Å². The first-order valence-electron chi connectivity index (χ1n) is 7.00. The number of anilines is 1. The molecule has 0 aliphatic rings. The van der Waals surface area contributed by atoms with E-state index in [1.165, 1.54) is 16.7 Å². The van der Waals surface area contributed by atoms with E-state index in [2.05, 4.69) is 60.7 Å². The lowest BCUT2D eigenvalue weighted by Crippen LogP contribution is -1.82. The molecule has 102 valence electrons. The lowest BCUT2D eigenvalue weighted by atomic mass is 10.0. The molecule has 0 aliphatic carbocycles. The Balaban J connectivity index is 1.77. The predicted molar refractivity (Wildman–Crippen MR) is 91.7 cm³/mol. The Labute approximate surface area is 125 Å². The maximum Gasteiger partial charge on any atom is 0.0314 e. The van der Waals surface area contributed by atoms with Crippen LogP contribution in [0.5, 0.6) is 0 Å². The molecule has 21 heavy (non-hydrogen) atoms. The van der Waals surface area contributed by atoms with Crippen LogP contribution in [0.15, 0.2) is 78.9 Å². The third-order valence-corrected chi connectivity index (χ3v) is 3.42. The second-order valence-corrected chi connectivity index (χ2v) is 4.99. The summed E-state index contributed by atoms with van der Waals surface area (Å²) in [7, 11) is 0. The average Bonchev–Trinajstić information content (AvgIpc) is 2.56. The largest absolute Gasteiger partial charge is 0.399 e. The van der Waals surface area contributed by atoms with E-state index in [-0.39, 0.29) is 0 Å². The SMILES string of the molecule is Nc1ccc(C=Cc2ccc(-c3ccccc3)cc2)cc1. The zero-order valence-electron chi connectivity index (χ0n) is 11.7. The van der Waals surface area contributed by atoms with Gasteiger partial charge in [0.15, 0.2) is 0 Å². The molecular weight excluding hydrogens is 254 g/mol. The number of nitrogens with two attached hydrogens (primary N) is 1. The van der Waals surface area contributed by atoms with E-state index in [0.717, 1.165) is 11.3 Å². The Morgan fingerprint density at radius 2 is 1.00 bits per heavy atom. The Hall–Kier alpha value is -2.80. The molecule has 0 saturated carbocycles. The van der Waals surface area contributed by atoms with Crippen molar-refractivity contribution in [3.63, 3.8) is 0 Å². The molecule has 0 unspecified atom stereocenters. The minimum absolute atomic E-state index is 0.791. The monoisotopic (exact) mass is 271 g/mol. The second-order valence-electron chi connectivity index (χ2n) is 4.99. The van der Waals surface area contributed by atoms with Crippen molar-refractivity contribution in [3.8, 4) is 11.1 Å². The molecule has 0 heterocycles. The van der Waals surface area contributed by atoms with Crippen molar-refractivity contribution < 1.29 is 0 Å². The minimum atomic E-state index is 0.791. The maximum atomic E-state index is 5.68. The van der Waals surface area contributed by atoms with Gasteiger partial charge in [-0.3, -0.25) is 0 Å². The fourth-order valence-corrected chi connectivity index (χ4v) is 2.22. The van der Waals surface area contributed by atoms with Crippen molar-refractivity contribution in [2.45, 2.75) is 0 Å². The summed E-state index contributed by atoms with van der Waals surface area (Å²) in [5.41, 5.74) is 11.3. The molecule has 0 radical (unpaired) electrons. The third kappa shape index (κ3) is 3.40. The summed E-state index contributed by atoms with van der Waals surface area (Å²) in [6, 6.07) is 26.8. The van der Waals surface area contributed by atoms with E-state index in [1.807, 2.05) is 30.3 Å². The minimum Gasteiger partial charge on any atom is -0.399 e. The fraction of sp³-hybridized carbons (Fsp3) is 0. The lowest BCUT2D eigenvalue weighted by Gasteiger charge is -2.02. The quantitative estimate of drug-likeness (QED) is 0.520. The summed E-state index contributed by atoms with van der Waals surface area (Å²) in [6.45, 7) is 0. The first-order chi connectivity index (χ1) is 10.3. The van der Waals surface area contributed by atoms with Crippen molar-refractivity contribution in [1.29, 1.82) is 0 Å². The van der Waals surface area contributed by atoms with E-state index in [4.69, 9.17) is 5.73 Å². The summed E-state index contributed by atoms with van der Waals surface area (Å²) < 4.78 is 0. The van der Waals surface area contributed by atoms with Crippen LogP contribution in [0.1, 0.15) is 11.1 Å². The van der Waals surface area contributed by atoms with Gasteiger partial charge in [0.05, 0.1) is 0 Å². The van der Waals surface area contributed by atoms with Crippen LogP contribution in [0, 0.1) is 0 Å². The van der Waals surface area contributed by atoms with Gasteiger partial charge in [-0.15, -0.1) is 0 Å². The van der Waals surface area contributed by atoms with Crippen LogP contribution in [-0.4, -0.2) is 0 Å². The van der Waals surface area contributed by atoms with E-state index in [0.29, 0.717) is 0 Å². The summed E-state index contributed by atoms with van der Waals surface area (Å²) in [6.07, 6.45) is 4.21. The predicted octanol–water partition coefficient (Wildman–Crippen LogP) is 5.11. The Morgan fingerprint density at radius 1 is 0.524 bits per heavy atom. The molecule has 3 rings (SSSR count). The Kier molecular flexibility index (Phi) is 3.83. The van der Waals surface area contributed by atoms with E-state index >= 15 is 0 Å². The molecule has 3 aromatic rings. The summed E-state index contributed by atoms with van der Waals surface area (Å²) >= 11 is 0. The molecule has 0 aromatic heterocycles. The molecule has 1 heteroatoms. The summed E-state index contributed by atoms with van der Waals surface area (Å²) in [4.78, 5) is 0. The van der Waals surface area contributed by atoms with E-state index < -0.39 is 0 Å². The van der Waals surface area contributed by atoms with Gasteiger partial charge in [0.2, 0.25) is 0 Å². The van der Waals surface area contributed by atoms with Gasteiger partial charge in [0, 0.05) is 5.69 Å². The van der Waals surface area contributed by atoms with Gasteiger partial charge < -0.3 is 5.73 Å². The smallest absolute Gasteiger partial charge is 0.0314 e. The van der Waals surface area contributed by atoms with Crippen LogP contribution in [0.3, 0.4) is 0 Å². The van der Waals surface area contributed by atoms with Gasteiger partial charge in [-0.25, -0.2) is 0 Å². The molecular formula is C20H17N. The zero-order valence-corrected chi connectivity index (χ0v) is 11.7. The van der Waals surface area contributed by atoms with Crippen LogP contribution in [0.25, 0.3) is 23.3 Å². The number of nitrogen functional groups attached to an aromatic ring is 1. The number of hydrogen-bond donors (Lipinski definition) is 1. The van der Waals surface area contributed by atoms with Crippen LogP contribution in [0.4, 0.5) is 5.69 Å². The molecule has 0 fully saturated rings. The highest BCUT2D eigenvalue weighted by atomic mass is 14.5. The highest BCUT2D eigenvalue weighted by Crippen LogP contribution is 2.20. The van der Waals surface area contributed by atoms with Crippen molar-refractivity contribution in [2.75, 3.05) is 5.73 Å². The topological polar surface area (TPSA) is 26.0 Å². The molecule has 1 nitrogen and oxygen atoms in total. The highest BCUT2D eigenvalue weighted by molar-refractivity contribution is 5.72. The van der Waals surface area contributed by atoms with Crippen LogP contribution >= 0.6 is 0 Å². The van der Waals surface area contributed by atoms with Gasteiger partial charge in [-0.2, -0.15) is 0 Å². The van der Waals surface area contributed by atoms with Gasteiger partial charge in [0.25, 0.3) is 0 Å². The Bertz CT molecular complexity index is 723.